The van der Waals surface area contributed by atoms with Crippen molar-refractivity contribution in [1.82, 2.24) is 0 Å². The van der Waals surface area contributed by atoms with Crippen molar-refractivity contribution < 1.29 is 10.2 Å². The minimum absolute atomic E-state index is 0.0142. The average Bonchev–Trinajstić information content (AvgIpc) is 2.74. The smallest absolute Gasteiger partial charge is 0.146 e. The van der Waals surface area contributed by atoms with Crippen LogP contribution in [0.1, 0.15) is 64.5 Å². The van der Waals surface area contributed by atoms with Gasteiger partial charge in [0.2, 0.25) is 0 Å². The summed E-state index contributed by atoms with van der Waals surface area (Å²) in [6.45, 7) is 8.80. The van der Waals surface area contributed by atoms with Crippen LogP contribution in [-0.2, 0) is 11.8 Å². The Kier molecular flexibility index (Phi) is 7.22. The number of fused-ring (bicyclic) bond motifs is 1. The Morgan fingerprint density at radius 2 is 1.71 bits per heavy atom. The lowest BCUT2D eigenvalue weighted by molar-refractivity contribution is 0.450. The van der Waals surface area contributed by atoms with E-state index in [1.54, 1.807) is 12.1 Å². The normalized spacial score (nSPS) is 12.2. The lowest BCUT2D eigenvalue weighted by Crippen LogP contribution is -2.16. The second kappa shape index (κ2) is 9.69. The summed E-state index contributed by atoms with van der Waals surface area (Å²) in [5, 5.41) is 31.7. The molecule has 0 aromatic heterocycles. The lowest BCUT2D eigenvalue weighted by atomic mass is 9.79. The summed E-state index contributed by atoms with van der Waals surface area (Å²) in [4.78, 5) is 0. The molecule has 0 aliphatic carbocycles. The van der Waals surface area contributed by atoms with E-state index in [1.807, 2.05) is 19.1 Å². The first kappa shape index (κ1) is 23.1. The molecule has 3 rings (SSSR count). The molecule has 5 heteroatoms. The number of hydrogen-bond acceptors (Lipinski definition) is 4. The third-order valence-corrected chi connectivity index (χ3v) is 6.16. The Morgan fingerprint density at radius 1 is 0.935 bits per heavy atom. The number of aromatic hydroxyl groups is 2. The van der Waals surface area contributed by atoms with Gasteiger partial charge >= 0.3 is 0 Å². The van der Waals surface area contributed by atoms with Crippen molar-refractivity contribution in [2.24, 2.45) is 10.2 Å². The van der Waals surface area contributed by atoms with Crippen LogP contribution >= 0.6 is 11.6 Å². The predicted octanol–water partition coefficient (Wildman–Crippen LogP) is 8.74. The zero-order valence-corrected chi connectivity index (χ0v) is 19.5. The highest BCUT2D eigenvalue weighted by atomic mass is 35.5. The maximum atomic E-state index is 10.8. The number of nitrogens with zero attached hydrogens (tertiary/aromatic N) is 2. The highest BCUT2D eigenvalue weighted by Gasteiger charge is 2.21. The molecule has 0 aliphatic heterocycles. The van der Waals surface area contributed by atoms with Gasteiger partial charge in [-0.1, -0.05) is 76.8 Å². The number of halogens is 1. The third kappa shape index (κ3) is 5.19. The molecule has 0 aliphatic rings. The first-order valence-corrected chi connectivity index (χ1v) is 11.3. The monoisotopic (exact) mass is 438 g/mol. The second-order valence-corrected chi connectivity index (χ2v) is 9.13. The van der Waals surface area contributed by atoms with Gasteiger partial charge in [0.1, 0.15) is 22.9 Å². The van der Waals surface area contributed by atoms with Gasteiger partial charge < -0.3 is 10.2 Å². The van der Waals surface area contributed by atoms with Gasteiger partial charge in [-0.25, -0.2) is 0 Å². The van der Waals surface area contributed by atoms with Crippen molar-refractivity contribution in [2.75, 3.05) is 0 Å². The van der Waals surface area contributed by atoms with Gasteiger partial charge in [-0.05, 0) is 59.0 Å². The lowest BCUT2D eigenvalue weighted by Gasteiger charge is -2.26. The number of phenolic OH excluding ortho intramolecular Hbond substituents is 2. The molecule has 2 N–H and O–H groups in total. The van der Waals surface area contributed by atoms with Gasteiger partial charge in [-0.2, -0.15) is 0 Å². The van der Waals surface area contributed by atoms with E-state index in [0.717, 1.165) is 22.8 Å². The molecule has 164 valence electrons. The molecule has 0 amide bonds. The van der Waals surface area contributed by atoms with E-state index in [0.29, 0.717) is 17.1 Å². The van der Waals surface area contributed by atoms with Gasteiger partial charge in [-0.15, -0.1) is 10.2 Å². The Hall–Kier alpha value is -2.59. The predicted molar refractivity (Wildman–Crippen MR) is 129 cm³/mol. The Morgan fingerprint density at radius 3 is 2.42 bits per heavy atom. The van der Waals surface area contributed by atoms with Crippen LogP contribution in [0, 0.1) is 0 Å². The van der Waals surface area contributed by atoms with Gasteiger partial charge in [0.15, 0.2) is 0 Å². The van der Waals surface area contributed by atoms with E-state index in [4.69, 9.17) is 11.6 Å². The Balaban J connectivity index is 2.08. The molecule has 4 nitrogen and oxygen atoms in total. The molecule has 0 heterocycles. The summed E-state index contributed by atoms with van der Waals surface area (Å²) in [6.07, 6.45) is 5.47. The van der Waals surface area contributed by atoms with E-state index in [1.165, 1.54) is 30.9 Å². The minimum atomic E-state index is -0.0142. The van der Waals surface area contributed by atoms with Gasteiger partial charge in [0.25, 0.3) is 0 Å². The van der Waals surface area contributed by atoms with Gasteiger partial charge in [-0.3, -0.25) is 0 Å². The van der Waals surface area contributed by atoms with Crippen LogP contribution < -0.4 is 0 Å². The number of benzene rings is 3. The molecule has 0 radical (unpaired) electrons. The van der Waals surface area contributed by atoms with Crippen molar-refractivity contribution in [3.05, 3.63) is 58.6 Å². The van der Waals surface area contributed by atoms with Crippen molar-refractivity contribution in [3.63, 3.8) is 0 Å². The second-order valence-electron chi connectivity index (χ2n) is 8.70. The van der Waals surface area contributed by atoms with E-state index in [2.05, 4.69) is 43.1 Å². The molecule has 0 bridgehead atoms. The average molecular weight is 439 g/mol. The number of hydrogen-bond donors (Lipinski definition) is 2. The summed E-state index contributed by atoms with van der Waals surface area (Å²) in [7, 11) is 0. The molecular formula is C26H31ClN2O2. The summed E-state index contributed by atoms with van der Waals surface area (Å²) >= 11 is 6.02. The number of phenols is 2. The van der Waals surface area contributed by atoms with Crippen molar-refractivity contribution in [1.29, 1.82) is 0 Å². The fourth-order valence-electron chi connectivity index (χ4n) is 3.87. The largest absolute Gasteiger partial charge is 0.506 e. The summed E-state index contributed by atoms with van der Waals surface area (Å²) in [5.41, 5.74) is 2.83. The van der Waals surface area contributed by atoms with Crippen LogP contribution in [-0.4, -0.2) is 10.2 Å². The zero-order valence-electron chi connectivity index (χ0n) is 18.7. The van der Waals surface area contributed by atoms with Crippen LogP contribution in [0.2, 0.25) is 5.02 Å². The molecule has 0 spiro atoms. The first-order chi connectivity index (χ1) is 14.8. The van der Waals surface area contributed by atoms with Crippen LogP contribution in [0.4, 0.5) is 11.4 Å². The van der Waals surface area contributed by atoms with Crippen LogP contribution in [0.15, 0.2) is 52.7 Å². The molecule has 0 saturated carbocycles. The number of azo groups is 1. The highest BCUT2D eigenvalue weighted by molar-refractivity contribution is 6.30. The Bertz CT molecular complexity index is 1110. The van der Waals surface area contributed by atoms with Crippen LogP contribution in [0.3, 0.4) is 0 Å². The topological polar surface area (TPSA) is 65.2 Å². The van der Waals surface area contributed by atoms with E-state index in [9.17, 15) is 10.2 Å². The van der Waals surface area contributed by atoms with Crippen molar-refractivity contribution in [2.45, 2.75) is 65.2 Å². The summed E-state index contributed by atoms with van der Waals surface area (Å²) in [6, 6.07) is 13.0. The standard InChI is InChI=1S/C26H31ClN2O2/c1-5-7-8-13-26(3,4)19-9-11-21-18(15-19)14-17(6-2)25(31)24(21)29-28-22-16-20(27)10-12-23(22)30/h9-12,14-16,30-31H,5-8,13H2,1-4H3. The van der Waals surface area contributed by atoms with Crippen molar-refractivity contribution in [3.8, 4) is 11.5 Å². The zero-order chi connectivity index (χ0) is 22.6. The van der Waals surface area contributed by atoms with Gasteiger partial charge in [0.05, 0.1) is 0 Å². The molecule has 0 unspecified atom stereocenters. The van der Waals surface area contributed by atoms with Gasteiger partial charge in [0, 0.05) is 10.4 Å². The fourth-order valence-corrected chi connectivity index (χ4v) is 4.03. The molecule has 31 heavy (non-hydrogen) atoms. The van der Waals surface area contributed by atoms with Crippen LogP contribution in [0.5, 0.6) is 11.5 Å². The number of unbranched alkanes of at least 4 members (excludes halogenated alkanes) is 2. The van der Waals surface area contributed by atoms with E-state index < -0.39 is 0 Å². The summed E-state index contributed by atoms with van der Waals surface area (Å²) in [5.74, 6) is 0.106. The van der Waals surface area contributed by atoms with E-state index >= 15 is 0 Å². The first-order valence-electron chi connectivity index (χ1n) is 11.0. The SMILES string of the molecule is CCCCCC(C)(C)c1ccc2c(N=Nc3cc(Cl)ccc3O)c(O)c(CC)cc2c1. The van der Waals surface area contributed by atoms with Crippen molar-refractivity contribution >= 4 is 33.7 Å². The minimum Gasteiger partial charge on any atom is -0.506 e. The van der Waals surface area contributed by atoms with Crippen LogP contribution in [0.25, 0.3) is 10.8 Å². The summed E-state index contributed by atoms with van der Waals surface area (Å²) < 4.78 is 0. The maximum absolute atomic E-state index is 10.8. The Labute approximate surface area is 189 Å². The molecular weight excluding hydrogens is 408 g/mol. The molecule has 0 fully saturated rings. The molecule has 0 saturated heterocycles. The highest BCUT2D eigenvalue weighted by Crippen LogP contribution is 2.42. The fraction of sp³-hybridized carbons (Fsp3) is 0.385. The molecule has 0 atom stereocenters. The quantitative estimate of drug-likeness (QED) is 0.272. The number of rotatable bonds is 8. The molecule has 3 aromatic carbocycles. The maximum Gasteiger partial charge on any atom is 0.146 e. The number of aryl methyl sites for hydroxylation is 1. The van der Waals surface area contributed by atoms with E-state index in [-0.39, 0.29) is 22.6 Å². The molecule has 3 aromatic rings. The third-order valence-electron chi connectivity index (χ3n) is 5.93.